The van der Waals surface area contributed by atoms with Crippen molar-refractivity contribution in [3.05, 3.63) is 211 Å². The molecule has 0 N–H and O–H groups in total. The molecule has 0 saturated heterocycles. The molecule has 1 unspecified atom stereocenters. The van der Waals surface area contributed by atoms with Crippen LogP contribution in [0.2, 0.25) is 0 Å². The Bertz CT molecular complexity index is 4090. The maximum atomic E-state index is 5.68. The van der Waals surface area contributed by atoms with Crippen LogP contribution in [0.25, 0.3) is 118 Å². The molecule has 0 aliphatic heterocycles. The van der Waals surface area contributed by atoms with Gasteiger partial charge in [0.25, 0.3) is 0 Å². The number of hydrogen-bond donors (Lipinski definition) is 0. The van der Waals surface area contributed by atoms with Gasteiger partial charge in [0, 0.05) is 63.0 Å². The van der Waals surface area contributed by atoms with Gasteiger partial charge in [-0.05, 0) is 97.2 Å². The maximum absolute atomic E-state index is 5.68. The largest absolute Gasteiger partial charge is 0.208 e. The average Bonchev–Trinajstić information content (AvgIpc) is 3.90. The standard InChI is InChI=1S/C60H37N3S2/c1-2-15-37(16-3-1)58-61-59(49-23-12-22-47-43-21-10-11-24-51(43)64-57(47)49)63-60(62-58)55-45(31-32-52-54(55)48-30-26-36-14-7-9-20-42(36)56(48)65-52)44-29-27-40-33-38-17-4-5-18-39(38)34-50(40)46-28-25-35-13-6-8-19-41(35)53(44)46/h1-26,28,30-34,44H,27,29H2. The molecule has 3 aromatic heterocycles. The molecule has 0 fully saturated rings. The van der Waals surface area contributed by atoms with E-state index in [1.807, 2.05) is 22.7 Å². The van der Waals surface area contributed by atoms with E-state index in [-0.39, 0.29) is 5.92 Å². The minimum absolute atomic E-state index is 0.0350. The highest BCUT2D eigenvalue weighted by molar-refractivity contribution is 7.27. The van der Waals surface area contributed by atoms with Crippen LogP contribution < -0.4 is 0 Å². The molecule has 10 aromatic carbocycles. The zero-order valence-electron chi connectivity index (χ0n) is 35.1. The molecule has 0 saturated carbocycles. The van der Waals surface area contributed by atoms with Crippen LogP contribution in [0, 0.1) is 0 Å². The summed E-state index contributed by atoms with van der Waals surface area (Å²) in [5, 5.41) is 12.5. The Kier molecular flexibility index (Phi) is 8.21. The Morgan fingerprint density at radius 3 is 1.92 bits per heavy atom. The summed E-state index contributed by atoms with van der Waals surface area (Å²) in [4.78, 5) is 16.6. The van der Waals surface area contributed by atoms with Gasteiger partial charge in [-0.15, -0.1) is 22.7 Å². The summed E-state index contributed by atoms with van der Waals surface area (Å²) in [5.41, 5.74) is 9.71. The van der Waals surface area contributed by atoms with Gasteiger partial charge in [-0.2, -0.15) is 0 Å². The second-order valence-electron chi connectivity index (χ2n) is 17.3. The van der Waals surface area contributed by atoms with Crippen LogP contribution in [0.5, 0.6) is 0 Å². The Morgan fingerprint density at radius 1 is 0.400 bits per heavy atom. The van der Waals surface area contributed by atoms with E-state index in [0.29, 0.717) is 17.5 Å². The molecule has 14 rings (SSSR count). The van der Waals surface area contributed by atoms with Crippen molar-refractivity contribution in [3.63, 3.8) is 0 Å². The molecule has 0 bridgehead atoms. The second kappa shape index (κ2) is 14.5. The Hall–Kier alpha value is -7.57. The summed E-state index contributed by atoms with van der Waals surface area (Å²) in [7, 11) is 0. The van der Waals surface area contributed by atoms with Crippen molar-refractivity contribution in [3.8, 4) is 45.3 Å². The molecule has 3 nitrogen and oxygen atoms in total. The minimum Gasteiger partial charge on any atom is -0.208 e. The molecule has 304 valence electrons. The molecule has 1 aliphatic carbocycles. The van der Waals surface area contributed by atoms with Gasteiger partial charge >= 0.3 is 0 Å². The minimum atomic E-state index is 0.0350. The first-order valence-corrected chi connectivity index (χ1v) is 24.0. The number of aromatic nitrogens is 3. The lowest BCUT2D eigenvalue weighted by atomic mass is 9.80. The first kappa shape index (κ1) is 36.9. The monoisotopic (exact) mass is 863 g/mol. The predicted molar refractivity (Wildman–Crippen MR) is 276 cm³/mol. The van der Waals surface area contributed by atoms with Gasteiger partial charge < -0.3 is 0 Å². The van der Waals surface area contributed by atoms with E-state index >= 15 is 0 Å². The Balaban J connectivity index is 1.11. The van der Waals surface area contributed by atoms with Crippen LogP contribution in [-0.4, -0.2) is 15.0 Å². The van der Waals surface area contributed by atoms with Crippen molar-refractivity contribution in [2.45, 2.75) is 18.8 Å². The van der Waals surface area contributed by atoms with Gasteiger partial charge in [-0.1, -0.05) is 170 Å². The third-order valence-electron chi connectivity index (χ3n) is 13.8. The lowest BCUT2D eigenvalue weighted by molar-refractivity contribution is 0.732. The molecule has 0 amide bonds. The first-order valence-electron chi connectivity index (χ1n) is 22.3. The lowest BCUT2D eigenvalue weighted by Crippen LogP contribution is -2.08. The number of fused-ring (bicyclic) bond motifs is 14. The summed E-state index contributed by atoms with van der Waals surface area (Å²) in [6.07, 6.45) is 1.87. The van der Waals surface area contributed by atoms with Gasteiger partial charge in [-0.3, -0.25) is 0 Å². The number of hydrogen-bond acceptors (Lipinski definition) is 5. The fraction of sp³-hybridized carbons (Fsp3) is 0.0500. The zero-order chi connectivity index (χ0) is 42.6. The quantitative estimate of drug-likeness (QED) is 0.177. The highest BCUT2D eigenvalue weighted by atomic mass is 32.1. The van der Waals surface area contributed by atoms with Crippen LogP contribution >= 0.6 is 22.7 Å². The average molecular weight is 864 g/mol. The third-order valence-corrected chi connectivity index (χ3v) is 16.2. The lowest BCUT2D eigenvalue weighted by Gasteiger charge is -2.24. The van der Waals surface area contributed by atoms with Gasteiger partial charge in [-0.25, -0.2) is 15.0 Å². The molecule has 65 heavy (non-hydrogen) atoms. The van der Waals surface area contributed by atoms with Crippen molar-refractivity contribution in [1.82, 2.24) is 15.0 Å². The van der Waals surface area contributed by atoms with Gasteiger partial charge in [0.05, 0.1) is 0 Å². The molecule has 13 aromatic rings. The number of nitrogens with zero attached hydrogens (tertiary/aromatic N) is 3. The predicted octanol–water partition coefficient (Wildman–Crippen LogP) is 16.8. The van der Waals surface area contributed by atoms with E-state index in [9.17, 15) is 0 Å². The first-order chi connectivity index (χ1) is 32.2. The van der Waals surface area contributed by atoms with Crippen LogP contribution in [0.15, 0.2) is 194 Å². The van der Waals surface area contributed by atoms with E-state index in [0.717, 1.165) is 29.5 Å². The maximum Gasteiger partial charge on any atom is 0.165 e. The van der Waals surface area contributed by atoms with E-state index in [4.69, 9.17) is 15.0 Å². The van der Waals surface area contributed by atoms with E-state index in [1.54, 1.807) is 0 Å². The smallest absolute Gasteiger partial charge is 0.165 e. The summed E-state index contributed by atoms with van der Waals surface area (Å²) >= 11 is 3.69. The molecule has 0 spiro atoms. The molecular weight excluding hydrogens is 827 g/mol. The summed E-state index contributed by atoms with van der Waals surface area (Å²) in [6.45, 7) is 0. The number of thiophene rings is 2. The van der Waals surface area contributed by atoms with E-state index in [2.05, 4.69) is 194 Å². The van der Waals surface area contributed by atoms with Crippen molar-refractivity contribution >= 4 is 95.3 Å². The summed E-state index contributed by atoms with van der Waals surface area (Å²) in [6, 6.07) is 71.2. The molecule has 5 heteroatoms. The number of aryl methyl sites for hydroxylation is 1. The zero-order valence-corrected chi connectivity index (χ0v) is 36.8. The van der Waals surface area contributed by atoms with Crippen LogP contribution in [0.4, 0.5) is 0 Å². The summed E-state index contributed by atoms with van der Waals surface area (Å²) < 4.78 is 4.95. The second-order valence-corrected chi connectivity index (χ2v) is 19.4. The SMILES string of the molecule is c1ccc(-c2nc(-c3cccc4c3sc3ccccc34)nc(-c3c(C4CCc5cc6ccccc6cc5-c5ccc6ccccc6c54)ccc4sc5c6ccccc6ccc5c34)n2)cc1. The molecule has 3 heterocycles. The van der Waals surface area contributed by atoms with Crippen molar-refractivity contribution in [2.75, 3.05) is 0 Å². The Labute approximate surface area is 383 Å². The molecule has 0 radical (unpaired) electrons. The topological polar surface area (TPSA) is 38.7 Å². The highest BCUT2D eigenvalue weighted by Crippen LogP contribution is 2.51. The van der Waals surface area contributed by atoms with Gasteiger partial charge in [0.1, 0.15) is 0 Å². The normalized spacial score (nSPS) is 13.9. The van der Waals surface area contributed by atoms with E-state index < -0.39 is 0 Å². The van der Waals surface area contributed by atoms with Crippen molar-refractivity contribution in [2.24, 2.45) is 0 Å². The number of rotatable bonds is 4. The third kappa shape index (κ3) is 5.76. The van der Waals surface area contributed by atoms with Crippen molar-refractivity contribution < 1.29 is 0 Å². The fourth-order valence-corrected chi connectivity index (χ4v) is 13.3. The molecule has 1 atom stereocenters. The highest BCUT2D eigenvalue weighted by Gasteiger charge is 2.31. The molecular formula is C60H37N3S2. The number of benzene rings is 10. The van der Waals surface area contributed by atoms with E-state index in [1.165, 1.54) is 100 Å². The van der Waals surface area contributed by atoms with Crippen LogP contribution in [0.1, 0.15) is 29.0 Å². The van der Waals surface area contributed by atoms with Crippen LogP contribution in [-0.2, 0) is 6.42 Å². The molecule has 1 aliphatic rings. The van der Waals surface area contributed by atoms with Gasteiger partial charge in [0.15, 0.2) is 17.5 Å². The van der Waals surface area contributed by atoms with Crippen molar-refractivity contribution in [1.29, 1.82) is 0 Å². The fourth-order valence-electron chi connectivity index (χ4n) is 10.8. The van der Waals surface area contributed by atoms with Gasteiger partial charge in [0.2, 0.25) is 0 Å². The van der Waals surface area contributed by atoms with Crippen LogP contribution in [0.3, 0.4) is 0 Å². The Morgan fingerprint density at radius 2 is 1.06 bits per heavy atom. The summed E-state index contributed by atoms with van der Waals surface area (Å²) in [5.74, 6) is 2.09.